The molecule has 0 fully saturated rings. The van der Waals surface area contributed by atoms with E-state index in [0.29, 0.717) is 28.4 Å². The average Bonchev–Trinajstić information content (AvgIpc) is 2.82. The molecule has 0 atom stereocenters. The summed E-state index contributed by atoms with van der Waals surface area (Å²) in [5.74, 6) is 2.22. The third-order valence-electron chi connectivity index (χ3n) is 4.57. The molecule has 3 aromatic rings. The summed E-state index contributed by atoms with van der Waals surface area (Å²) in [6.45, 7) is 0. The fourth-order valence-electron chi connectivity index (χ4n) is 2.93. The van der Waals surface area contributed by atoms with Crippen LogP contribution in [0.1, 0.15) is 16.7 Å². The van der Waals surface area contributed by atoms with Crippen LogP contribution in [-0.2, 0) is 14.9 Å². The molecule has 0 saturated heterocycles. The predicted octanol–water partition coefficient (Wildman–Crippen LogP) is 6.10. The Morgan fingerprint density at radius 2 is 1.35 bits per heavy atom. The van der Waals surface area contributed by atoms with Crippen LogP contribution in [0.3, 0.4) is 0 Å². The summed E-state index contributed by atoms with van der Waals surface area (Å²) in [7, 11) is 4.52. The number of benzene rings is 3. The lowest BCUT2D eigenvalue weighted by atomic mass is 10.0. The first-order chi connectivity index (χ1) is 15.1. The number of esters is 1. The molecule has 0 aliphatic rings. The van der Waals surface area contributed by atoms with E-state index in [0.717, 1.165) is 16.6 Å². The van der Waals surface area contributed by atoms with E-state index in [9.17, 15) is 4.79 Å². The predicted molar refractivity (Wildman–Crippen MR) is 125 cm³/mol. The van der Waals surface area contributed by atoms with Gasteiger partial charge in [-0.3, -0.25) is 0 Å². The van der Waals surface area contributed by atoms with Crippen molar-refractivity contribution in [2.75, 3.05) is 21.3 Å². The number of alkyl halides is 1. The van der Waals surface area contributed by atoms with Crippen molar-refractivity contribution in [3.8, 4) is 23.0 Å². The second-order valence-electron chi connectivity index (χ2n) is 6.60. The van der Waals surface area contributed by atoms with Gasteiger partial charge in [-0.05, 0) is 59.2 Å². The number of ether oxygens (including phenoxy) is 4. The van der Waals surface area contributed by atoms with Crippen molar-refractivity contribution in [3.63, 3.8) is 0 Å². The zero-order valence-corrected chi connectivity index (χ0v) is 19.1. The highest BCUT2D eigenvalue weighted by Crippen LogP contribution is 2.29. The highest BCUT2D eigenvalue weighted by atomic mass is 79.9. The van der Waals surface area contributed by atoms with Crippen molar-refractivity contribution in [3.05, 3.63) is 83.4 Å². The van der Waals surface area contributed by atoms with E-state index in [1.807, 2.05) is 60.7 Å². The Labute approximate surface area is 190 Å². The van der Waals surface area contributed by atoms with Crippen LogP contribution in [0.5, 0.6) is 23.0 Å². The summed E-state index contributed by atoms with van der Waals surface area (Å²) in [4.78, 5) is 12.5. The average molecular weight is 483 g/mol. The van der Waals surface area contributed by atoms with Crippen LogP contribution in [0, 0.1) is 0 Å². The van der Waals surface area contributed by atoms with Crippen molar-refractivity contribution in [1.82, 2.24) is 0 Å². The van der Waals surface area contributed by atoms with Crippen LogP contribution in [-0.4, -0.2) is 27.3 Å². The molecule has 0 aliphatic heterocycles. The maximum absolute atomic E-state index is 12.5. The molecule has 0 radical (unpaired) electrons. The Morgan fingerprint density at radius 1 is 0.806 bits per heavy atom. The van der Waals surface area contributed by atoms with Crippen LogP contribution in [0.25, 0.3) is 11.6 Å². The summed E-state index contributed by atoms with van der Waals surface area (Å²) in [5, 5.41) is 0.795. The van der Waals surface area contributed by atoms with Crippen molar-refractivity contribution in [1.29, 1.82) is 0 Å². The maximum atomic E-state index is 12.5. The molecule has 31 heavy (non-hydrogen) atoms. The molecule has 0 amide bonds. The molecule has 0 unspecified atom stereocenters. The summed E-state index contributed by atoms with van der Waals surface area (Å²) >= 11 is 3.43. The number of carbonyl (C=O) groups is 1. The fourth-order valence-corrected chi connectivity index (χ4v) is 3.31. The van der Waals surface area contributed by atoms with Crippen molar-refractivity contribution >= 4 is 33.5 Å². The van der Waals surface area contributed by atoms with Crippen LogP contribution in [0.2, 0.25) is 0 Å². The van der Waals surface area contributed by atoms with Crippen LogP contribution < -0.4 is 14.2 Å². The molecule has 0 aromatic heterocycles. The molecule has 6 heteroatoms. The Hall–Kier alpha value is -3.25. The van der Waals surface area contributed by atoms with Gasteiger partial charge in [-0.25, -0.2) is 4.79 Å². The van der Waals surface area contributed by atoms with Crippen molar-refractivity contribution in [2.45, 2.75) is 5.33 Å². The molecular formula is C25H23BrO5. The second kappa shape index (κ2) is 10.7. The molecule has 0 aliphatic carbocycles. The number of hydrogen-bond donors (Lipinski definition) is 0. The molecule has 0 spiro atoms. The number of rotatable bonds is 8. The summed E-state index contributed by atoms with van der Waals surface area (Å²) in [6.07, 6.45) is 1.74. The minimum Gasteiger partial charge on any atom is -0.497 e. The number of carbonyl (C=O) groups excluding carboxylic acids is 1. The van der Waals surface area contributed by atoms with Gasteiger partial charge in [0.05, 0.1) is 26.9 Å². The molecular weight excluding hydrogens is 460 g/mol. The molecule has 0 saturated carbocycles. The highest BCUT2D eigenvalue weighted by molar-refractivity contribution is 9.08. The van der Waals surface area contributed by atoms with Crippen LogP contribution >= 0.6 is 15.9 Å². The first-order valence-corrected chi connectivity index (χ1v) is 10.6. The first-order valence-electron chi connectivity index (χ1n) is 9.52. The van der Waals surface area contributed by atoms with E-state index < -0.39 is 5.97 Å². The van der Waals surface area contributed by atoms with E-state index in [1.54, 1.807) is 26.4 Å². The third-order valence-corrected chi connectivity index (χ3v) is 5.22. The highest BCUT2D eigenvalue weighted by Gasteiger charge is 2.14. The largest absolute Gasteiger partial charge is 0.497 e. The monoisotopic (exact) mass is 482 g/mol. The van der Waals surface area contributed by atoms with Gasteiger partial charge in [0, 0.05) is 11.4 Å². The van der Waals surface area contributed by atoms with Gasteiger partial charge >= 0.3 is 5.97 Å². The lowest BCUT2D eigenvalue weighted by Crippen LogP contribution is -2.04. The van der Waals surface area contributed by atoms with Gasteiger partial charge in [0.25, 0.3) is 0 Å². The van der Waals surface area contributed by atoms with E-state index in [-0.39, 0.29) is 0 Å². The second-order valence-corrected chi connectivity index (χ2v) is 7.16. The van der Waals surface area contributed by atoms with Crippen LogP contribution in [0.15, 0.2) is 66.7 Å². The van der Waals surface area contributed by atoms with E-state index in [1.165, 1.54) is 12.7 Å². The van der Waals surface area contributed by atoms with E-state index in [4.69, 9.17) is 18.9 Å². The van der Waals surface area contributed by atoms with Gasteiger partial charge in [0.2, 0.25) is 0 Å². The minimum absolute atomic E-state index is 0.408. The lowest BCUT2D eigenvalue weighted by molar-refractivity contribution is -0.133. The van der Waals surface area contributed by atoms with Crippen LogP contribution in [0.4, 0.5) is 0 Å². The minimum atomic E-state index is -0.444. The van der Waals surface area contributed by atoms with E-state index in [2.05, 4.69) is 15.9 Å². The summed E-state index contributed by atoms with van der Waals surface area (Å²) in [5.41, 5.74) is 3.04. The molecule has 0 N–H and O–H groups in total. The first kappa shape index (κ1) is 22.4. The van der Waals surface area contributed by atoms with Crippen molar-refractivity contribution in [2.24, 2.45) is 0 Å². The SMILES string of the molecule is COC(=O)C(=Cc1cc(OC)cc(OC)c1)c1ccc(Oc2ccc(CBr)cc2)cc1. The molecule has 0 bridgehead atoms. The molecule has 3 rings (SSSR count). The van der Waals surface area contributed by atoms with Gasteiger partial charge in [-0.1, -0.05) is 40.2 Å². The Balaban J connectivity index is 1.89. The fraction of sp³-hybridized carbons (Fsp3) is 0.160. The molecule has 3 aromatic carbocycles. The molecule has 5 nitrogen and oxygen atoms in total. The topological polar surface area (TPSA) is 54.0 Å². The summed E-state index contributed by atoms with van der Waals surface area (Å²) < 4.78 is 21.5. The summed E-state index contributed by atoms with van der Waals surface area (Å²) in [6, 6.07) is 20.5. The quantitative estimate of drug-likeness (QED) is 0.168. The van der Waals surface area contributed by atoms with Gasteiger partial charge in [0.1, 0.15) is 23.0 Å². The molecule has 160 valence electrons. The Morgan fingerprint density at radius 3 is 1.84 bits per heavy atom. The van der Waals surface area contributed by atoms with Gasteiger partial charge in [-0.2, -0.15) is 0 Å². The van der Waals surface area contributed by atoms with Gasteiger partial charge in [0.15, 0.2) is 0 Å². The lowest BCUT2D eigenvalue weighted by Gasteiger charge is -2.10. The smallest absolute Gasteiger partial charge is 0.338 e. The van der Waals surface area contributed by atoms with E-state index >= 15 is 0 Å². The number of hydrogen-bond acceptors (Lipinski definition) is 5. The maximum Gasteiger partial charge on any atom is 0.338 e. The van der Waals surface area contributed by atoms with Crippen molar-refractivity contribution < 1.29 is 23.7 Å². The third kappa shape index (κ3) is 5.89. The zero-order chi connectivity index (χ0) is 22.2. The molecule has 0 heterocycles. The Kier molecular flexibility index (Phi) is 7.73. The number of methoxy groups -OCH3 is 3. The Bertz CT molecular complexity index is 1030. The standard InChI is InChI=1S/C25H23BrO5/c1-28-22-12-18(13-23(15-22)29-2)14-24(25(27)30-3)19-6-10-21(11-7-19)31-20-8-4-17(16-26)5-9-20/h4-15H,16H2,1-3H3. The zero-order valence-electron chi connectivity index (χ0n) is 17.6. The van der Waals surface area contributed by atoms with Gasteiger partial charge < -0.3 is 18.9 Å². The normalized spacial score (nSPS) is 11.0. The number of halogens is 1. The van der Waals surface area contributed by atoms with Gasteiger partial charge in [-0.15, -0.1) is 0 Å².